The molecule has 2 aromatic heterocycles. The predicted octanol–water partition coefficient (Wildman–Crippen LogP) is 13.4. The third kappa shape index (κ3) is 4.44. The first-order valence-electron chi connectivity index (χ1n) is 16.6. The van der Waals surface area contributed by atoms with Crippen LogP contribution in [-0.2, 0) is 0 Å². The summed E-state index contributed by atoms with van der Waals surface area (Å²) >= 11 is 0. The molecule has 0 aliphatic heterocycles. The number of anilines is 3. The molecule has 0 atom stereocenters. The van der Waals surface area contributed by atoms with Gasteiger partial charge in [-0.25, -0.2) is 0 Å². The van der Waals surface area contributed by atoms with E-state index in [4.69, 9.17) is 8.83 Å². The average Bonchev–Trinajstić information content (AvgIpc) is 3.74. The van der Waals surface area contributed by atoms with Gasteiger partial charge in [-0.3, -0.25) is 0 Å². The summed E-state index contributed by atoms with van der Waals surface area (Å²) in [5, 5.41) is 6.90. The van der Waals surface area contributed by atoms with Gasteiger partial charge < -0.3 is 13.7 Å². The number of benzene rings is 8. The van der Waals surface area contributed by atoms with Crippen molar-refractivity contribution in [2.45, 2.75) is 0 Å². The van der Waals surface area contributed by atoms with Crippen molar-refractivity contribution in [2.75, 3.05) is 4.90 Å². The van der Waals surface area contributed by atoms with Crippen molar-refractivity contribution in [1.29, 1.82) is 0 Å². The van der Waals surface area contributed by atoms with Crippen LogP contribution in [0.3, 0.4) is 0 Å². The van der Waals surface area contributed by atoms with E-state index >= 15 is 0 Å². The Bertz CT molecular complexity index is 2840. The molecule has 0 amide bonds. The largest absolute Gasteiger partial charge is 0.455 e. The maximum atomic E-state index is 6.54. The van der Waals surface area contributed by atoms with E-state index in [1.165, 1.54) is 10.8 Å². The van der Waals surface area contributed by atoms with Crippen molar-refractivity contribution in [2.24, 2.45) is 0 Å². The molecular formula is C46H29NO2. The Hall–Kier alpha value is -6.58. The molecule has 2 heterocycles. The van der Waals surface area contributed by atoms with Crippen molar-refractivity contribution in [3.63, 3.8) is 0 Å². The molecule has 3 heteroatoms. The minimum atomic E-state index is 0.892. The second kappa shape index (κ2) is 11.0. The van der Waals surface area contributed by atoms with Crippen LogP contribution in [0, 0.1) is 0 Å². The Balaban J connectivity index is 1.16. The van der Waals surface area contributed by atoms with Gasteiger partial charge in [0.2, 0.25) is 0 Å². The highest BCUT2D eigenvalue weighted by Gasteiger charge is 2.21. The molecule has 0 N–H and O–H groups in total. The fourth-order valence-corrected chi connectivity index (χ4v) is 7.36. The molecule has 0 saturated carbocycles. The van der Waals surface area contributed by atoms with Crippen LogP contribution in [0.1, 0.15) is 0 Å². The number of para-hydroxylation sites is 5. The molecule has 0 fully saturated rings. The van der Waals surface area contributed by atoms with E-state index < -0.39 is 0 Å². The molecule has 49 heavy (non-hydrogen) atoms. The molecular weight excluding hydrogens is 599 g/mol. The minimum Gasteiger partial charge on any atom is -0.455 e. The lowest BCUT2D eigenvalue weighted by molar-refractivity contribution is 0.669. The summed E-state index contributed by atoms with van der Waals surface area (Å²) < 4.78 is 12.9. The summed E-state index contributed by atoms with van der Waals surface area (Å²) in [7, 11) is 0. The Morgan fingerprint density at radius 3 is 1.61 bits per heavy atom. The van der Waals surface area contributed by atoms with E-state index in [1.807, 2.05) is 24.3 Å². The van der Waals surface area contributed by atoms with Crippen LogP contribution < -0.4 is 4.90 Å². The maximum Gasteiger partial charge on any atom is 0.143 e. The zero-order valence-corrected chi connectivity index (χ0v) is 26.5. The highest BCUT2D eigenvalue weighted by Crippen LogP contribution is 2.45. The van der Waals surface area contributed by atoms with Gasteiger partial charge in [0.25, 0.3) is 0 Å². The monoisotopic (exact) mass is 627 g/mol. The molecule has 3 nitrogen and oxygen atoms in total. The van der Waals surface area contributed by atoms with Crippen molar-refractivity contribution in [3.8, 4) is 22.3 Å². The number of rotatable bonds is 5. The predicted molar refractivity (Wildman–Crippen MR) is 204 cm³/mol. The Labute approximate surface area is 282 Å². The van der Waals surface area contributed by atoms with Gasteiger partial charge in [-0.2, -0.15) is 0 Å². The lowest BCUT2D eigenvalue weighted by Gasteiger charge is -2.28. The molecule has 0 radical (unpaired) electrons. The van der Waals surface area contributed by atoms with Crippen LogP contribution in [-0.4, -0.2) is 0 Å². The SMILES string of the molecule is c1ccc(N(c2ccc(-c3cccc4c3oc3ccccc34)cc2)c2ccc3ccccc3c2)c(-c2cccc3c2oc2ccccc23)c1. The van der Waals surface area contributed by atoms with E-state index in [9.17, 15) is 0 Å². The first-order chi connectivity index (χ1) is 24.3. The maximum absolute atomic E-state index is 6.54. The number of fused-ring (bicyclic) bond motifs is 7. The van der Waals surface area contributed by atoms with Crippen LogP contribution in [0.5, 0.6) is 0 Å². The zero-order chi connectivity index (χ0) is 32.3. The molecule has 0 spiro atoms. The smallest absolute Gasteiger partial charge is 0.143 e. The summed E-state index contributed by atoms with van der Waals surface area (Å²) in [6, 6.07) is 62.0. The summed E-state index contributed by atoms with van der Waals surface area (Å²) in [4.78, 5) is 2.36. The zero-order valence-electron chi connectivity index (χ0n) is 26.5. The Morgan fingerprint density at radius 1 is 0.347 bits per heavy atom. The van der Waals surface area contributed by atoms with E-state index in [0.29, 0.717) is 0 Å². The van der Waals surface area contributed by atoms with Gasteiger partial charge in [0.1, 0.15) is 22.3 Å². The fourth-order valence-electron chi connectivity index (χ4n) is 7.36. The van der Waals surface area contributed by atoms with Gasteiger partial charge in [-0.1, -0.05) is 133 Å². The number of hydrogen-bond donors (Lipinski definition) is 0. The molecule has 0 bridgehead atoms. The first kappa shape index (κ1) is 27.5. The molecule has 0 saturated heterocycles. The Kier molecular flexibility index (Phi) is 6.18. The molecule has 10 rings (SSSR count). The molecule has 0 aliphatic carbocycles. The van der Waals surface area contributed by atoms with Gasteiger partial charge in [0.15, 0.2) is 0 Å². The average molecular weight is 628 g/mol. The minimum absolute atomic E-state index is 0.892. The lowest BCUT2D eigenvalue weighted by Crippen LogP contribution is -2.11. The van der Waals surface area contributed by atoms with Gasteiger partial charge >= 0.3 is 0 Å². The van der Waals surface area contributed by atoms with E-state index in [-0.39, 0.29) is 0 Å². The van der Waals surface area contributed by atoms with Crippen LogP contribution in [0.4, 0.5) is 17.1 Å². The first-order valence-corrected chi connectivity index (χ1v) is 16.6. The quantitative estimate of drug-likeness (QED) is 0.190. The van der Waals surface area contributed by atoms with Crippen molar-refractivity contribution in [3.05, 3.63) is 176 Å². The van der Waals surface area contributed by atoms with Crippen LogP contribution in [0.15, 0.2) is 185 Å². The van der Waals surface area contributed by atoms with Crippen LogP contribution in [0.25, 0.3) is 76.9 Å². The topological polar surface area (TPSA) is 29.5 Å². The van der Waals surface area contributed by atoms with Gasteiger partial charge in [0, 0.05) is 49.6 Å². The lowest BCUT2D eigenvalue weighted by atomic mass is 9.98. The van der Waals surface area contributed by atoms with E-state index in [1.54, 1.807) is 0 Å². The van der Waals surface area contributed by atoms with E-state index in [2.05, 4.69) is 157 Å². The molecule has 10 aromatic rings. The van der Waals surface area contributed by atoms with Crippen LogP contribution >= 0.6 is 0 Å². The molecule has 0 unspecified atom stereocenters. The fraction of sp³-hybridized carbons (Fsp3) is 0. The number of nitrogens with zero attached hydrogens (tertiary/aromatic N) is 1. The second-order valence-corrected chi connectivity index (χ2v) is 12.5. The summed E-state index contributed by atoms with van der Waals surface area (Å²) in [5.74, 6) is 0. The van der Waals surface area contributed by atoms with Crippen molar-refractivity contribution < 1.29 is 8.83 Å². The summed E-state index contributed by atoms with van der Waals surface area (Å²) in [5.41, 5.74) is 11.1. The summed E-state index contributed by atoms with van der Waals surface area (Å²) in [6.45, 7) is 0. The third-order valence-corrected chi connectivity index (χ3v) is 9.67. The number of furan rings is 2. The Morgan fingerprint density at radius 2 is 0.878 bits per heavy atom. The molecule has 230 valence electrons. The van der Waals surface area contributed by atoms with Gasteiger partial charge in [-0.15, -0.1) is 0 Å². The normalized spacial score (nSPS) is 11.7. The molecule has 0 aliphatic rings. The number of hydrogen-bond acceptors (Lipinski definition) is 3. The van der Waals surface area contributed by atoms with Crippen molar-refractivity contribution in [1.82, 2.24) is 0 Å². The summed E-state index contributed by atoms with van der Waals surface area (Å²) in [6.07, 6.45) is 0. The van der Waals surface area contributed by atoms with Gasteiger partial charge in [0.05, 0.1) is 5.69 Å². The van der Waals surface area contributed by atoms with E-state index in [0.717, 1.165) is 83.2 Å². The molecule has 8 aromatic carbocycles. The van der Waals surface area contributed by atoms with Gasteiger partial charge in [-0.05, 0) is 58.8 Å². The standard InChI is InChI=1S/C46H29NO2/c1-2-12-32-29-34(28-23-30(32)11-1)47(33-26-24-31(25-27-33)35-16-9-18-40-37-14-4-7-21-43(37)48-45(35)40)42-20-6-3-13-36(42)39-17-10-19-41-38-15-5-8-22-44(38)49-46(39)41/h1-29H. The van der Waals surface area contributed by atoms with Crippen LogP contribution in [0.2, 0.25) is 0 Å². The van der Waals surface area contributed by atoms with Crippen molar-refractivity contribution >= 4 is 71.7 Å². The second-order valence-electron chi connectivity index (χ2n) is 12.5. The third-order valence-electron chi connectivity index (χ3n) is 9.67. The highest BCUT2D eigenvalue weighted by atomic mass is 16.3. The highest BCUT2D eigenvalue weighted by molar-refractivity contribution is 6.11.